The van der Waals surface area contributed by atoms with Crippen LogP contribution in [0.4, 0.5) is 5.82 Å². The Balaban J connectivity index is 1.88. The van der Waals surface area contributed by atoms with E-state index in [2.05, 4.69) is 8.75 Å². The second-order valence-electron chi connectivity index (χ2n) is 5.67. The minimum atomic E-state index is -0.676. The summed E-state index contributed by atoms with van der Waals surface area (Å²) in [6.45, 7) is 0.621. The number of unbranched alkanes of at least 4 members (excludes halogenated alkanes) is 6. The van der Waals surface area contributed by atoms with Crippen molar-refractivity contribution < 1.29 is 9.84 Å². The van der Waals surface area contributed by atoms with Crippen molar-refractivity contribution in [2.45, 2.75) is 44.9 Å². The second kappa shape index (κ2) is 9.39. The molecule has 7 nitrogen and oxygen atoms in total. The molecule has 132 valence electrons. The Kier molecular flexibility index (Phi) is 7.20. The molecule has 1 aliphatic heterocycles. The number of nitrogens with zero attached hydrogens (tertiary/aromatic N) is 1. The molecule has 1 heterocycles. The van der Waals surface area contributed by atoms with Crippen LogP contribution in [0.3, 0.4) is 0 Å². The zero-order chi connectivity index (χ0) is 17.4. The summed E-state index contributed by atoms with van der Waals surface area (Å²) in [4.78, 5) is 23.8. The van der Waals surface area contributed by atoms with Crippen molar-refractivity contribution in [2.24, 2.45) is 0 Å². The molecule has 0 fully saturated rings. The molecular weight excluding hydrogens is 330 g/mol. The zero-order valence-electron chi connectivity index (χ0n) is 13.5. The number of anilines is 1. The van der Waals surface area contributed by atoms with Crippen LogP contribution < -0.4 is 21.3 Å². The fourth-order valence-electron chi connectivity index (χ4n) is 2.53. The van der Waals surface area contributed by atoms with Crippen LogP contribution in [-0.4, -0.2) is 27.1 Å². The highest BCUT2D eigenvalue weighted by molar-refractivity contribution is 6.99. The Labute approximate surface area is 144 Å². The third-order valence-electron chi connectivity index (χ3n) is 3.81. The summed E-state index contributed by atoms with van der Waals surface area (Å²) in [7, 11) is 0. The van der Waals surface area contributed by atoms with Crippen LogP contribution in [0.15, 0.2) is 15.7 Å². The van der Waals surface area contributed by atoms with E-state index in [4.69, 9.17) is 15.6 Å². The lowest BCUT2D eigenvalue weighted by molar-refractivity contribution is 0.281. The quantitative estimate of drug-likeness (QED) is 0.444. The van der Waals surface area contributed by atoms with Gasteiger partial charge in [-0.15, -0.1) is 0 Å². The number of aliphatic hydroxyl groups is 1. The fourth-order valence-corrected chi connectivity index (χ4v) is 3.02. The summed E-state index contributed by atoms with van der Waals surface area (Å²) in [6, 6.07) is 1.23. The van der Waals surface area contributed by atoms with Crippen LogP contribution in [0.1, 0.15) is 44.9 Å². The van der Waals surface area contributed by atoms with Gasteiger partial charge in [-0.25, -0.2) is 0 Å². The second-order valence-corrected chi connectivity index (χ2v) is 6.24. The van der Waals surface area contributed by atoms with E-state index in [1.807, 2.05) is 0 Å². The van der Waals surface area contributed by atoms with Gasteiger partial charge in [-0.3, -0.25) is 14.0 Å². The number of fused-ring (bicyclic) bond motifs is 1. The Hall–Kier alpha value is -1.93. The number of aromatic amines is 1. The van der Waals surface area contributed by atoms with Crippen molar-refractivity contribution in [1.82, 2.24) is 8.75 Å². The SMILES string of the molecule is Nc1ns[nH]c2cc(=O)c(=O)c(OCCCCCCCCCO)c1-2. The number of aromatic nitrogens is 2. The van der Waals surface area contributed by atoms with E-state index in [0.29, 0.717) is 17.9 Å². The number of hydrogen-bond acceptors (Lipinski definition) is 7. The number of benzene rings is 1. The van der Waals surface area contributed by atoms with E-state index in [-0.39, 0.29) is 18.2 Å². The predicted molar refractivity (Wildman–Crippen MR) is 94.9 cm³/mol. The summed E-state index contributed by atoms with van der Waals surface area (Å²) in [6.07, 6.45) is 7.04. The van der Waals surface area contributed by atoms with Gasteiger partial charge in [0.05, 0.1) is 17.9 Å². The molecule has 2 rings (SSSR count). The van der Waals surface area contributed by atoms with Crippen LogP contribution in [0.25, 0.3) is 11.3 Å². The van der Waals surface area contributed by atoms with Crippen molar-refractivity contribution in [3.05, 3.63) is 26.5 Å². The average molecular weight is 353 g/mol. The number of rotatable bonds is 10. The van der Waals surface area contributed by atoms with Gasteiger partial charge in [0.25, 0.3) is 5.43 Å². The fraction of sp³-hybridized carbons (Fsp3) is 0.562. The lowest BCUT2D eigenvalue weighted by Crippen LogP contribution is -2.27. The normalized spacial score (nSPS) is 11.0. The maximum Gasteiger partial charge on any atom is 0.268 e. The predicted octanol–water partition coefficient (Wildman–Crippen LogP) is 1.98. The first-order chi connectivity index (χ1) is 11.6. The van der Waals surface area contributed by atoms with Crippen molar-refractivity contribution in [1.29, 1.82) is 0 Å². The minimum Gasteiger partial charge on any atom is -0.489 e. The summed E-state index contributed by atoms with van der Waals surface area (Å²) in [5, 5.41) is 8.70. The van der Waals surface area contributed by atoms with Gasteiger partial charge in [0.1, 0.15) is 0 Å². The van der Waals surface area contributed by atoms with Crippen molar-refractivity contribution in [2.75, 3.05) is 18.9 Å². The third kappa shape index (κ3) is 4.78. The summed E-state index contributed by atoms with van der Waals surface area (Å²) < 4.78 is 12.4. The summed E-state index contributed by atoms with van der Waals surface area (Å²) in [5.74, 6) is 0.180. The molecule has 2 aliphatic rings. The van der Waals surface area contributed by atoms with Gasteiger partial charge >= 0.3 is 0 Å². The zero-order valence-corrected chi connectivity index (χ0v) is 14.4. The van der Waals surface area contributed by atoms with Crippen LogP contribution in [-0.2, 0) is 0 Å². The molecule has 0 saturated heterocycles. The summed E-state index contributed by atoms with van der Waals surface area (Å²) >= 11 is 1.01. The minimum absolute atomic E-state index is 0.00510. The third-order valence-corrected chi connectivity index (χ3v) is 4.41. The molecule has 0 aromatic heterocycles. The molecule has 0 aromatic carbocycles. The van der Waals surface area contributed by atoms with Gasteiger partial charge in [-0.1, -0.05) is 32.1 Å². The van der Waals surface area contributed by atoms with Gasteiger partial charge < -0.3 is 15.6 Å². The molecule has 0 atom stereocenters. The van der Waals surface area contributed by atoms with Crippen LogP contribution >= 0.6 is 11.7 Å². The van der Waals surface area contributed by atoms with Crippen LogP contribution in [0.2, 0.25) is 0 Å². The molecule has 0 saturated carbocycles. The first-order valence-corrected chi connectivity index (χ1v) is 8.97. The molecule has 8 heteroatoms. The van der Waals surface area contributed by atoms with Crippen molar-refractivity contribution >= 4 is 17.5 Å². The molecule has 0 amide bonds. The number of aliphatic hydroxyl groups excluding tert-OH is 1. The number of ether oxygens (including phenoxy) is 1. The maximum atomic E-state index is 12.0. The smallest absolute Gasteiger partial charge is 0.268 e. The highest BCUT2D eigenvalue weighted by Gasteiger charge is 2.20. The molecule has 0 unspecified atom stereocenters. The Morgan fingerprint density at radius 1 is 1.12 bits per heavy atom. The van der Waals surface area contributed by atoms with Gasteiger partial charge in [-0.05, 0) is 12.8 Å². The lowest BCUT2D eigenvalue weighted by Gasteiger charge is -2.12. The number of nitrogens with two attached hydrogens (primary N) is 1. The number of nitrogen functional groups attached to an aromatic ring is 1. The maximum absolute atomic E-state index is 12.0. The molecule has 1 aliphatic carbocycles. The Morgan fingerprint density at radius 3 is 2.50 bits per heavy atom. The highest BCUT2D eigenvalue weighted by atomic mass is 32.1. The molecule has 0 bridgehead atoms. The van der Waals surface area contributed by atoms with Gasteiger partial charge in [0, 0.05) is 24.4 Å². The summed E-state index contributed by atoms with van der Waals surface area (Å²) in [5.41, 5.74) is 5.38. The van der Waals surface area contributed by atoms with E-state index in [0.717, 1.165) is 56.7 Å². The topological polar surface area (TPSA) is 118 Å². The van der Waals surface area contributed by atoms with E-state index >= 15 is 0 Å². The van der Waals surface area contributed by atoms with E-state index in [1.165, 1.54) is 6.07 Å². The van der Waals surface area contributed by atoms with Crippen LogP contribution in [0, 0.1) is 0 Å². The first kappa shape index (κ1) is 18.4. The van der Waals surface area contributed by atoms with E-state index in [9.17, 15) is 9.59 Å². The lowest BCUT2D eigenvalue weighted by atomic mass is 10.1. The number of hydrogen-bond donors (Lipinski definition) is 3. The van der Waals surface area contributed by atoms with E-state index < -0.39 is 10.9 Å². The average Bonchev–Trinajstić information content (AvgIpc) is 2.56. The number of nitrogens with one attached hydrogen (secondary N) is 1. The Bertz CT molecular complexity index is 728. The molecule has 0 aromatic rings. The molecule has 4 N–H and O–H groups in total. The monoisotopic (exact) mass is 353 g/mol. The molecule has 0 radical (unpaired) electrons. The van der Waals surface area contributed by atoms with Crippen molar-refractivity contribution in [3.8, 4) is 17.0 Å². The van der Waals surface area contributed by atoms with Gasteiger partial charge in [0.15, 0.2) is 11.6 Å². The largest absolute Gasteiger partial charge is 0.489 e. The number of H-pyrrole nitrogens is 1. The molecular formula is C16H23N3O4S. The molecule has 24 heavy (non-hydrogen) atoms. The Morgan fingerprint density at radius 2 is 1.79 bits per heavy atom. The van der Waals surface area contributed by atoms with E-state index in [1.54, 1.807) is 0 Å². The van der Waals surface area contributed by atoms with Gasteiger partial charge in [-0.2, -0.15) is 4.37 Å². The standard InChI is InChI=1S/C16H23N3O4S/c17-16-13-11(18-24-19-16)10-12(21)14(22)15(13)23-9-7-5-3-1-2-4-6-8-20/h10,18,20H,1-9H2,(H2,17,19). The van der Waals surface area contributed by atoms with Crippen LogP contribution in [0.5, 0.6) is 5.75 Å². The molecule has 0 spiro atoms. The highest BCUT2D eigenvalue weighted by Crippen LogP contribution is 2.30. The van der Waals surface area contributed by atoms with Crippen molar-refractivity contribution in [3.63, 3.8) is 0 Å². The van der Waals surface area contributed by atoms with Gasteiger partial charge in [0.2, 0.25) is 5.43 Å². The first-order valence-electron chi connectivity index (χ1n) is 8.19.